The topological polar surface area (TPSA) is 78.5 Å². The van der Waals surface area contributed by atoms with E-state index in [1.807, 2.05) is 56.3 Å². The molecule has 0 aliphatic carbocycles. The lowest BCUT2D eigenvalue weighted by Gasteiger charge is -2.26. The van der Waals surface area contributed by atoms with Crippen LogP contribution >= 0.6 is 0 Å². The van der Waals surface area contributed by atoms with Crippen LogP contribution in [-0.4, -0.2) is 48.8 Å². The van der Waals surface area contributed by atoms with Gasteiger partial charge in [0.15, 0.2) is 0 Å². The Hall–Kier alpha value is -3.15. The van der Waals surface area contributed by atoms with Gasteiger partial charge >= 0.3 is 0 Å². The Kier molecular flexibility index (Phi) is 7.55. The maximum Gasteiger partial charge on any atom is 0.251 e. The van der Waals surface area contributed by atoms with Gasteiger partial charge in [-0.15, -0.1) is 0 Å². The number of carbonyl (C=O) groups is 3. The fourth-order valence-corrected chi connectivity index (χ4v) is 2.67. The molecule has 142 valence electrons. The Bertz CT molecular complexity index is 773. The highest BCUT2D eigenvalue weighted by Gasteiger charge is 2.21. The van der Waals surface area contributed by atoms with Gasteiger partial charge in [-0.1, -0.05) is 56.3 Å². The van der Waals surface area contributed by atoms with Crippen molar-refractivity contribution < 1.29 is 14.4 Å². The van der Waals surface area contributed by atoms with Gasteiger partial charge in [0.1, 0.15) is 0 Å². The molecule has 1 fully saturated rings. The van der Waals surface area contributed by atoms with Crippen molar-refractivity contribution in [1.82, 2.24) is 15.5 Å². The number of nitrogens with one attached hydrogen (secondary N) is 2. The Morgan fingerprint density at radius 1 is 1.00 bits per heavy atom. The maximum atomic E-state index is 12.2. The van der Waals surface area contributed by atoms with Gasteiger partial charge in [-0.2, -0.15) is 0 Å². The lowest BCUT2D eigenvalue weighted by atomic mass is 10.0. The summed E-state index contributed by atoms with van der Waals surface area (Å²) in [5.41, 5.74) is 2.59. The van der Waals surface area contributed by atoms with Crippen LogP contribution in [0.3, 0.4) is 0 Å². The highest BCUT2D eigenvalue weighted by atomic mass is 16.2. The zero-order valence-electron chi connectivity index (χ0n) is 15.7. The number of hydrogen-bond acceptors (Lipinski definition) is 3. The molecule has 3 amide bonds. The summed E-state index contributed by atoms with van der Waals surface area (Å²) < 4.78 is 0. The fourth-order valence-electron chi connectivity index (χ4n) is 2.67. The number of hydrogen-bond donors (Lipinski definition) is 2. The first-order valence-electron chi connectivity index (χ1n) is 9.11. The summed E-state index contributed by atoms with van der Waals surface area (Å²) in [6.45, 7) is 4.83. The van der Waals surface area contributed by atoms with E-state index in [4.69, 9.17) is 0 Å². The standard InChI is InChI=1S/C19H19N3O3.C2H6/c23-17-13-22(11-10-20-17)18(24)12-21-19(25)16-8-6-15(7-9-16)14-4-2-1-3-5-14;1-2/h1-9H,10-13H2,(H,20,23)(H,21,25);1-2H3. The van der Waals surface area contributed by atoms with Crippen molar-refractivity contribution in [3.63, 3.8) is 0 Å². The summed E-state index contributed by atoms with van der Waals surface area (Å²) in [5, 5.41) is 5.26. The van der Waals surface area contributed by atoms with E-state index in [1.54, 1.807) is 12.1 Å². The van der Waals surface area contributed by atoms with Crippen LogP contribution in [0.2, 0.25) is 0 Å². The SMILES string of the molecule is CC.O=C1CN(C(=O)CNC(=O)c2ccc(-c3ccccc3)cc2)CCN1. The van der Waals surface area contributed by atoms with Crippen molar-refractivity contribution in [3.05, 3.63) is 60.2 Å². The molecular formula is C21H25N3O3. The fraction of sp³-hybridized carbons (Fsp3) is 0.286. The average molecular weight is 367 g/mol. The van der Waals surface area contributed by atoms with E-state index in [1.165, 1.54) is 4.90 Å². The Balaban J connectivity index is 0.00000126. The van der Waals surface area contributed by atoms with Gasteiger partial charge in [0.05, 0.1) is 13.1 Å². The third kappa shape index (κ3) is 5.67. The van der Waals surface area contributed by atoms with E-state index < -0.39 is 0 Å². The molecule has 0 bridgehead atoms. The van der Waals surface area contributed by atoms with E-state index in [0.29, 0.717) is 18.7 Å². The molecule has 0 saturated carbocycles. The molecule has 27 heavy (non-hydrogen) atoms. The van der Waals surface area contributed by atoms with Crippen molar-refractivity contribution in [2.24, 2.45) is 0 Å². The molecule has 2 aromatic carbocycles. The summed E-state index contributed by atoms with van der Waals surface area (Å²) in [5.74, 6) is -0.749. The van der Waals surface area contributed by atoms with E-state index in [9.17, 15) is 14.4 Å². The smallest absolute Gasteiger partial charge is 0.251 e. The molecule has 6 heteroatoms. The monoisotopic (exact) mass is 367 g/mol. The average Bonchev–Trinajstić information content (AvgIpc) is 2.74. The van der Waals surface area contributed by atoms with E-state index in [-0.39, 0.29) is 30.8 Å². The number of carbonyl (C=O) groups excluding carboxylic acids is 3. The van der Waals surface area contributed by atoms with Crippen LogP contribution in [-0.2, 0) is 9.59 Å². The van der Waals surface area contributed by atoms with Gasteiger partial charge in [-0.05, 0) is 23.3 Å². The Morgan fingerprint density at radius 2 is 1.63 bits per heavy atom. The van der Waals surface area contributed by atoms with Crippen LogP contribution in [0.4, 0.5) is 0 Å². The quantitative estimate of drug-likeness (QED) is 0.868. The predicted octanol–water partition coefficient (Wildman–Crippen LogP) is 2.07. The third-order valence-corrected chi connectivity index (χ3v) is 4.05. The molecule has 3 rings (SSSR count). The van der Waals surface area contributed by atoms with E-state index in [0.717, 1.165) is 11.1 Å². The minimum atomic E-state index is -0.311. The molecule has 0 atom stereocenters. The van der Waals surface area contributed by atoms with E-state index >= 15 is 0 Å². The van der Waals surface area contributed by atoms with Gasteiger partial charge in [-0.25, -0.2) is 0 Å². The molecule has 1 heterocycles. The highest BCUT2D eigenvalue weighted by Crippen LogP contribution is 2.19. The Morgan fingerprint density at radius 3 is 2.26 bits per heavy atom. The molecule has 0 radical (unpaired) electrons. The number of benzene rings is 2. The van der Waals surface area contributed by atoms with Gasteiger partial charge in [0.25, 0.3) is 5.91 Å². The van der Waals surface area contributed by atoms with Crippen LogP contribution in [0.15, 0.2) is 54.6 Å². The molecule has 0 spiro atoms. The Labute approximate surface area is 159 Å². The second-order valence-corrected chi connectivity index (χ2v) is 5.79. The van der Waals surface area contributed by atoms with Gasteiger partial charge < -0.3 is 15.5 Å². The molecule has 1 saturated heterocycles. The molecule has 2 N–H and O–H groups in total. The molecule has 6 nitrogen and oxygen atoms in total. The molecule has 0 aromatic heterocycles. The van der Waals surface area contributed by atoms with Crippen molar-refractivity contribution in [2.75, 3.05) is 26.2 Å². The molecule has 1 aliphatic heterocycles. The second kappa shape index (κ2) is 10.1. The van der Waals surface area contributed by atoms with Crippen molar-refractivity contribution in [3.8, 4) is 11.1 Å². The first kappa shape index (κ1) is 20.2. The summed E-state index contributed by atoms with van der Waals surface area (Å²) in [4.78, 5) is 37.0. The molecule has 2 aromatic rings. The molecule has 1 aliphatic rings. The van der Waals surface area contributed by atoms with Crippen LogP contribution in [0.25, 0.3) is 11.1 Å². The summed E-state index contributed by atoms with van der Waals surface area (Å²) in [7, 11) is 0. The zero-order valence-corrected chi connectivity index (χ0v) is 15.7. The molecule has 0 unspecified atom stereocenters. The van der Waals surface area contributed by atoms with Gasteiger partial charge in [0.2, 0.25) is 11.8 Å². The number of amides is 3. The van der Waals surface area contributed by atoms with Crippen LogP contribution in [0, 0.1) is 0 Å². The van der Waals surface area contributed by atoms with E-state index in [2.05, 4.69) is 10.6 Å². The summed E-state index contributed by atoms with van der Waals surface area (Å²) in [6.07, 6.45) is 0. The number of nitrogens with zero attached hydrogens (tertiary/aromatic N) is 1. The predicted molar refractivity (Wildman–Crippen MR) is 105 cm³/mol. The van der Waals surface area contributed by atoms with Gasteiger partial charge in [0, 0.05) is 18.7 Å². The van der Waals surface area contributed by atoms with Crippen molar-refractivity contribution in [1.29, 1.82) is 0 Å². The van der Waals surface area contributed by atoms with Crippen molar-refractivity contribution >= 4 is 17.7 Å². The van der Waals surface area contributed by atoms with Crippen LogP contribution in [0.5, 0.6) is 0 Å². The normalized spacial score (nSPS) is 13.1. The van der Waals surface area contributed by atoms with Crippen LogP contribution < -0.4 is 10.6 Å². The van der Waals surface area contributed by atoms with Crippen LogP contribution in [0.1, 0.15) is 24.2 Å². The minimum absolute atomic E-state index is 0.0421. The largest absolute Gasteiger partial charge is 0.353 e. The highest BCUT2D eigenvalue weighted by molar-refractivity contribution is 5.97. The summed E-state index contributed by atoms with van der Waals surface area (Å²) in [6, 6.07) is 17.1. The minimum Gasteiger partial charge on any atom is -0.353 e. The summed E-state index contributed by atoms with van der Waals surface area (Å²) >= 11 is 0. The number of rotatable bonds is 4. The first-order chi connectivity index (χ1) is 13.1. The lowest BCUT2D eigenvalue weighted by molar-refractivity contribution is -0.137. The molecular weight excluding hydrogens is 342 g/mol. The van der Waals surface area contributed by atoms with Gasteiger partial charge in [-0.3, -0.25) is 14.4 Å². The first-order valence-corrected chi connectivity index (χ1v) is 9.11. The van der Waals surface area contributed by atoms with Crippen molar-refractivity contribution in [2.45, 2.75) is 13.8 Å². The number of piperazine rings is 1. The lowest BCUT2D eigenvalue weighted by Crippen LogP contribution is -2.52. The zero-order chi connectivity index (χ0) is 19.6. The third-order valence-electron chi connectivity index (χ3n) is 4.05. The maximum absolute atomic E-state index is 12.2. The second-order valence-electron chi connectivity index (χ2n) is 5.79.